The van der Waals surface area contributed by atoms with Crippen molar-refractivity contribution in [3.05, 3.63) is 77.9 Å². The van der Waals surface area contributed by atoms with Gasteiger partial charge in [0, 0.05) is 11.4 Å². The number of carbonyl (C=O) groups is 1. The molecule has 0 heterocycles. The van der Waals surface area contributed by atoms with Crippen LogP contribution < -0.4 is 9.47 Å². The number of aromatic carboxylic acids is 1. The summed E-state index contributed by atoms with van der Waals surface area (Å²) in [5.74, 6) is -0.921. The Bertz CT molecular complexity index is 1290. The minimum Gasteiger partial charge on any atom is -0.478 e. The lowest BCUT2D eigenvalue weighted by Crippen LogP contribution is -2.24. The van der Waals surface area contributed by atoms with E-state index in [0.29, 0.717) is 16.2 Å². The summed E-state index contributed by atoms with van der Waals surface area (Å²) in [6.45, 7) is 3.36. The summed E-state index contributed by atoms with van der Waals surface area (Å²) in [6.07, 6.45) is -4.78. The van der Waals surface area contributed by atoms with Crippen molar-refractivity contribution in [2.45, 2.75) is 30.0 Å². The maximum Gasteiger partial charge on any atom is 0.573 e. The highest BCUT2D eigenvalue weighted by atomic mass is 32.3. The number of halogens is 3. The van der Waals surface area contributed by atoms with Gasteiger partial charge in [-0.1, -0.05) is 13.0 Å². The molecule has 0 atom stereocenters. The van der Waals surface area contributed by atoms with Crippen LogP contribution in [0.4, 0.5) is 13.2 Å². The first-order valence-electron chi connectivity index (χ1n) is 10.1. The molecule has 12 heteroatoms. The molecule has 0 aliphatic carbocycles. The number of aryl methyl sites for hydroxylation is 1. The lowest BCUT2D eigenvalue weighted by Gasteiger charge is -2.20. The van der Waals surface area contributed by atoms with Gasteiger partial charge < -0.3 is 14.6 Å². The fourth-order valence-electron chi connectivity index (χ4n) is 2.92. The topological polar surface area (TPSA) is 93.1 Å². The van der Waals surface area contributed by atoms with Gasteiger partial charge in [-0.05, 0) is 85.1 Å². The van der Waals surface area contributed by atoms with Crippen LogP contribution in [-0.2, 0) is 10.0 Å². The Morgan fingerprint density at radius 2 is 1.51 bits per heavy atom. The minimum atomic E-state index is -4.78. The molecule has 0 fully saturated rings. The van der Waals surface area contributed by atoms with Crippen molar-refractivity contribution in [1.82, 2.24) is 3.71 Å². The lowest BCUT2D eigenvalue weighted by molar-refractivity contribution is -0.274. The van der Waals surface area contributed by atoms with E-state index in [2.05, 4.69) is 4.74 Å². The first kappa shape index (κ1) is 26.4. The van der Waals surface area contributed by atoms with Gasteiger partial charge in [0.05, 0.1) is 10.5 Å². The number of sulfonamides is 1. The fourth-order valence-corrected chi connectivity index (χ4v) is 5.54. The second kappa shape index (κ2) is 10.6. The zero-order valence-electron chi connectivity index (χ0n) is 18.4. The molecule has 35 heavy (non-hydrogen) atoms. The summed E-state index contributed by atoms with van der Waals surface area (Å²) < 4.78 is 73.5. The van der Waals surface area contributed by atoms with Crippen molar-refractivity contribution in [3.8, 4) is 17.2 Å². The Morgan fingerprint density at radius 3 is 2.03 bits per heavy atom. The SMILES string of the molecule is CCN(Sc1ccc(Oc2ccc(OC(F)(F)F)cc2)cc1)S(=O)(=O)c1ccc(C)c(C(=O)O)c1. The van der Waals surface area contributed by atoms with Gasteiger partial charge >= 0.3 is 12.3 Å². The molecule has 0 aliphatic heterocycles. The number of alkyl halides is 3. The van der Waals surface area contributed by atoms with Crippen LogP contribution in [0.15, 0.2) is 76.5 Å². The Balaban J connectivity index is 1.71. The van der Waals surface area contributed by atoms with Gasteiger partial charge in [-0.2, -0.15) is 0 Å². The molecule has 3 aromatic rings. The summed E-state index contributed by atoms with van der Waals surface area (Å²) in [7, 11) is -3.99. The lowest BCUT2D eigenvalue weighted by atomic mass is 10.1. The first-order chi connectivity index (χ1) is 16.4. The molecular weight excluding hydrogens is 507 g/mol. The van der Waals surface area contributed by atoms with Crippen molar-refractivity contribution in [2.24, 2.45) is 0 Å². The molecule has 0 spiro atoms. The largest absolute Gasteiger partial charge is 0.573 e. The van der Waals surface area contributed by atoms with E-state index in [1.54, 1.807) is 38.1 Å². The molecule has 7 nitrogen and oxygen atoms in total. The third kappa shape index (κ3) is 6.90. The molecule has 186 valence electrons. The molecular formula is C23H20F3NO6S2. The van der Waals surface area contributed by atoms with Gasteiger partial charge in [-0.15, -0.1) is 16.9 Å². The smallest absolute Gasteiger partial charge is 0.478 e. The zero-order valence-corrected chi connectivity index (χ0v) is 20.1. The zero-order chi connectivity index (χ0) is 25.8. The van der Waals surface area contributed by atoms with Crippen LogP contribution in [0.3, 0.4) is 0 Å². The molecule has 0 unspecified atom stereocenters. The predicted octanol–water partition coefficient (Wildman–Crippen LogP) is 6.10. The number of benzene rings is 3. The number of carboxylic acids is 1. The van der Waals surface area contributed by atoms with E-state index >= 15 is 0 Å². The summed E-state index contributed by atoms with van der Waals surface area (Å²) >= 11 is 0.950. The Morgan fingerprint density at radius 1 is 0.971 bits per heavy atom. The van der Waals surface area contributed by atoms with Crippen LogP contribution in [0, 0.1) is 6.92 Å². The van der Waals surface area contributed by atoms with Crippen LogP contribution in [0.5, 0.6) is 17.2 Å². The molecule has 0 saturated carbocycles. The second-order valence-corrected chi connectivity index (χ2v) is 10.3. The van der Waals surface area contributed by atoms with Gasteiger partial charge in [-0.25, -0.2) is 13.2 Å². The maximum atomic E-state index is 13.1. The van der Waals surface area contributed by atoms with Gasteiger partial charge in [0.1, 0.15) is 17.2 Å². The Labute approximate surface area is 204 Å². The van der Waals surface area contributed by atoms with Crippen molar-refractivity contribution < 1.29 is 41.0 Å². The van der Waals surface area contributed by atoms with Crippen molar-refractivity contribution in [1.29, 1.82) is 0 Å². The molecule has 0 radical (unpaired) electrons. The number of hydrogen-bond acceptors (Lipinski definition) is 6. The van der Waals surface area contributed by atoms with Crippen LogP contribution >= 0.6 is 11.9 Å². The summed E-state index contributed by atoms with van der Waals surface area (Å²) in [4.78, 5) is 11.8. The van der Waals surface area contributed by atoms with E-state index < -0.39 is 22.4 Å². The molecule has 1 N–H and O–H groups in total. The number of ether oxygens (including phenoxy) is 2. The van der Waals surface area contributed by atoms with Gasteiger partial charge in [0.15, 0.2) is 0 Å². The molecule has 0 bridgehead atoms. The normalized spacial score (nSPS) is 11.9. The van der Waals surface area contributed by atoms with Crippen molar-refractivity contribution >= 4 is 27.9 Å². The molecule has 3 rings (SSSR count). The highest BCUT2D eigenvalue weighted by molar-refractivity contribution is 8.08. The number of rotatable bonds is 9. The molecule has 0 amide bonds. The molecule has 0 aromatic heterocycles. The number of carboxylic acid groups (broad SMARTS) is 1. The monoisotopic (exact) mass is 527 g/mol. The summed E-state index contributed by atoms with van der Waals surface area (Å²) in [6, 6.07) is 15.2. The van der Waals surface area contributed by atoms with Crippen molar-refractivity contribution in [2.75, 3.05) is 6.54 Å². The Kier molecular flexibility index (Phi) is 7.98. The predicted molar refractivity (Wildman–Crippen MR) is 123 cm³/mol. The van der Waals surface area contributed by atoms with E-state index in [0.717, 1.165) is 33.9 Å². The van der Waals surface area contributed by atoms with Crippen LogP contribution in [0.25, 0.3) is 0 Å². The highest BCUT2D eigenvalue weighted by Crippen LogP contribution is 2.32. The average Bonchev–Trinajstić information content (AvgIpc) is 2.78. The van der Waals surface area contributed by atoms with Gasteiger partial charge in [-0.3, -0.25) is 0 Å². The van der Waals surface area contributed by atoms with E-state index in [1.165, 1.54) is 24.3 Å². The fraction of sp³-hybridized carbons (Fsp3) is 0.174. The van der Waals surface area contributed by atoms with E-state index in [4.69, 9.17) is 4.74 Å². The van der Waals surface area contributed by atoms with Gasteiger partial charge in [0.25, 0.3) is 10.0 Å². The standard InChI is InChI=1S/C23H20F3NO6S2/c1-3-27(35(30,31)20-13-4-15(2)21(14-20)22(28)29)34-19-11-9-17(10-12-19)32-16-5-7-18(8-6-16)33-23(24,25)26/h4-14H,3H2,1-2H3,(H,28,29). The third-order valence-electron chi connectivity index (χ3n) is 4.59. The van der Waals surface area contributed by atoms with Crippen LogP contribution in [-0.4, -0.2) is 36.1 Å². The number of nitrogens with zero attached hydrogens (tertiary/aromatic N) is 1. The average molecular weight is 528 g/mol. The first-order valence-corrected chi connectivity index (χ1v) is 12.3. The Hall–Kier alpha value is -3.22. The second-order valence-electron chi connectivity index (χ2n) is 7.09. The van der Waals surface area contributed by atoms with Crippen LogP contribution in [0.1, 0.15) is 22.8 Å². The quantitative estimate of drug-likeness (QED) is 0.336. The van der Waals surface area contributed by atoms with E-state index in [9.17, 15) is 31.5 Å². The van der Waals surface area contributed by atoms with Crippen LogP contribution in [0.2, 0.25) is 0 Å². The van der Waals surface area contributed by atoms with Gasteiger partial charge in [0.2, 0.25) is 0 Å². The van der Waals surface area contributed by atoms with E-state index in [-0.39, 0.29) is 28.5 Å². The summed E-state index contributed by atoms with van der Waals surface area (Å²) in [5, 5.41) is 9.30. The van der Waals surface area contributed by atoms with Crippen molar-refractivity contribution in [3.63, 3.8) is 0 Å². The molecule has 3 aromatic carbocycles. The number of hydrogen-bond donors (Lipinski definition) is 1. The third-order valence-corrected chi connectivity index (χ3v) is 7.99. The van der Waals surface area contributed by atoms with E-state index in [1.807, 2.05) is 0 Å². The summed E-state index contributed by atoms with van der Waals surface area (Å²) in [5.41, 5.74) is 0.358. The molecule has 0 aliphatic rings. The minimum absolute atomic E-state index is 0.0911. The maximum absolute atomic E-state index is 13.1. The molecule has 0 saturated heterocycles. The highest BCUT2D eigenvalue weighted by Gasteiger charge is 2.31.